The minimum absolute atomic E-state index is 0.0117. The molecule has 0 saturated carbocycles. The predicted molar refractivity (Wildman–Crippen MR) is 162 cm³/mol. The predicted octanol–water partition coefficient (Wildman–Crippen LogP) is 7.92. The Hall–Kier alpha value is -0.0231. The van der Waals surface area contributed by atoms with E-state index >= 15 is 0 Å². The van der Waals surface area contributed by atoms with Crippen molar-refractivity contribution in [2.75, 3.05) is 26.4 Å². The summed E-state index contributed by atoms with van der Waals surface area (Å²) < 4.78 is 41.2. The first-order valence-corrected chi connectivity index (χ1v) is 18.2. The van der Waals surface area contributed by atoms with Gasteiger partial charge in [0.15, 0.2) is 0 Å². The molecule has 6 nitrogen and oxygen atoms in total. The van der Waals surface area contributed by atoms with Crippen LogP contribution in [0.3, 0.4) is 0 Å². The molecule has 0 bridgehead atoms. The Morgan fingerprint density at radius 2 is 1.03 bits per heavy atom. The van der Waals surface area contributed by atoms with Gasteiger partial charge in [0.05, 0.1) is 12.2 Å². The summed E-state index contributed by atoms with van der Waals surface area (Å²) >= 11 is 0. The molecule has 6 atom stereocenters. The molecule has 6 unspecified atom stereocenters. The zero-order valence-corrected chi connectivity index (χ0v) is 28.3. The zero-order chi connectivity index (χ0) is 29.1. The Bertz CT molecular complexity index is 611. The van der Waals surface area contributed by atoms with E-state index in [9.17, 15) is 0 Å². The van der Waals surface area contributed by atoms with Crippen LogP contribution in [0.1, 0.15) is 133 Å². The van der Waals surface area contributed by atoms with Crippen LogP contribution < -0.4 is 0 Å². The highest BCUT2D eigenvalue weighted by Gasteiger charge is 2.71. The maximum Gasteiger partial charge on any atom is 0.404 e. The molecule has 0 radical (unpaired) electrons. The number of hydrogen-bond acceptors (Lipinski definition) is 6. The molecule has 0 spiro atoms. The molecule has 0 amide bonds. The third-order valence-corrected chi connectivity index (χ3v) is 14.3. The normalized spacial score (nSPS) is 24.6. The van der Waals surface area contributed by atoms with Gasteiger partial charge in [0.25, 0.3) is 0 Å². The number of ether oxygens (including phenoxy) is 4. The van der Waals surface area contributed by atoms with E-state index in [2.05, 4.69) is 69.2 Å². The van der Waals surface area contributed by atoms with Crippen LogP contribution in [0, 0.1) is 11.8 Å². The average molecular weight is 573 g/mol. The monoisotopic (exact) mass is 572 g/mol. The SMILES string of the molecule is CCCCOC(CC)(CC(C)C1CCO1)[Si](OC(C)C)(OC(C)C)C(CC)(CC(C)C1CCO1)OCCCC. The van der Waals surface area contributed by atoms with E-state index in [1.54, 1.807) is 0 Å². The Balaban J connectivity index is 2.77. The van der Waals surface area contributed by atoms with Crippen LogP contribution in [0.25, 0.3) is 0 Å². The van der Waals surface area contributed by atoms with Gasteiger partial charge in [0, 0.05) is 38.6 Å². The Kier molecular flexibility index (Phi) is 14.9. The molecule has 0 aromatic rings. The van der Waals surface area contributed by atoms with Gasteiger partial charge >= 0.3 is 8.56 Å². The topological polar surface area (TPSA) is 55.4 Å². The van der Waals surface area contributed by atoms with Gasteiger partial charge in [-0.3, -0.25) is 0 Å². The summed E-state index contributed by atoms with van der Waals surface area (Å²) in [5.74, 6) is 0.688. The van der Waals surface area contributed by atoms with Gasteiger partial charge in [-0.25, -0.2) is 0 Å². The first-order chi connectivity index (χ1) is 18.6. The fraction of sp³-hybridized carbons (Fsp3) is 1.00. The summed E-state index contributed by atoms with van der Waals surface area (Å²) in [6.45, 7) is 25.4. The molecule has 2 aliphatic rings. The molecule has 7 heteroatoms. The lowest BCUT2D eigenvalue weighted by Crippen LogP contribution is -2.79. The molecular formula is C32H64O6Si. The van der Waals surface area contributed by atoms with Crippen molar-refractivity contribution < 1.29 is 27.8 Å². The molecule has 0 N–H and O–H groups in total. The van der Waals surface area contributed by atoms with Crippen molar-refractivity contribution in [3.05, 3.63) is 0 Å². The Labute approximate surface area is 242 Å². The summed E-state index contributed by atoms with van der Waals surface area (Å²) in [6, 6.07) is 0. The van der Waals surface area contributed by atoms with Crippen LogP contribution in [0.4, 0.5) is 0 Å². The number of rotatable bonds is 22. The van der Waals surface area contributed by atoms with Crippen molar-refractivity contribution in [1.82, 2.24) is 0 Å². The Morgan fingerprint density at radius 1 is 0.667 bits per heavy atom. The molecule has 0 aliphatic carbocycles. The second-order valence-corrected chi connectivity index (χ2v) is 16.3. The van der Waals surface area contributed by atoms with Gasteiger partial charge in [0.2, 0.25) is 0 Å². The van der Waals surface area contributed by atoms with Gasteiger partial charge in [-0.05, 0) is 90.9 Å². The molecule has 0 aromatic heterocycles. The largest absolute Gasteiger partial charge is 0.404 e. The standard InChI is InChI=1S/C32H64O6Si/c1-11-15-19-35-31(13-3,23-27(9)29-17-21-33-29)39(37-25(5)6,38-26(7)8)32(14-4,36-20-16-12-2)24-28(10)30-18-22-34-30/h25-30H,11-24H2,1-10H3. The molecule has 39 heavy (non-hydrogen) atoms. The molecule has 0 aromatic carbocycles. The smallest absolute Gasteiger partial charge is 0.388 e. The van der Waals surface area contributed by atoms with Gasteiger partial charge in [0.1, 0.15) is 10.4 Å². The van der Waals surface area contributed by atoms with Crippen molar-refractivity contribution in [1.29, 1.82) is 0 Å². The highest BCUT2D eigenvalue weighted by atomic mass is 28.4. The van der Waals surface area contributed by atoms with Crippen LogP contribution in [0.15, 0.2) is 0 Å². The maximum absolute atomic E-state index is 7.37. The molecule has 232 valence electrons. The molecule has 2 saturated heterocycles. The lowest BCUT2D eigenvalue weighted by Gasteiger charge is -2.58. The summed E-state index contributed by atoms with van der Waals surface area (Å²) in [7, 11) is -3.33. The quantitative estimate of drug-likeness (QED) is 0.0970. The molecule has 2 rings (SSSR count). The minimum atomic E-state index is -3.33. The van der Waals surface area contributed by atoms with Gasteiger partial charge in [-0.2, -0.15) is 0 Å². The van der Waals surface area contributed by atoms with E-state index in [4.69, 9.17) is 27.8 Å². The van der Waals surface area contributed by atoms with Gasteiger partial charge in [-0.15, -0.1) is 0 Å². The van der Waals surface area contributed by atoms with Crippen molar-refractivity contribution >= 4 is 8.56 Å². The summed E-state index contributed by atoms with van der Waals surface area (Å²) in [6.07, 6.45) is 10.3. The zero-order valence-electron chi connectivity index (χ0n) is 27.3. The van der Waals surface area contributed by atoms with Crippen LogP contribution in [-0.4, -0.2) is 69.9 Å². The lowest BCUT2D eigenvalue weighted by atomic mass is 9.91. The van der Waals surface area contributed by atoms with Gasteiger partial charge < -0.3 is 27.8 Å². The van der Waals surface area contributed by atoms with Crippen LogP contribution >= 0.6 is 0 Å². The van der Waals surface area contributed by atoms with E-state index in [-0.39, 0.29) is 24.4 Å². The van der Waals surface area contributed by atoms with Crippen LogP contribution in [0.2, 0.25) is 0 Å². The van der Waals surface area contributed by atoms with Crippen molar-refractivity contribution in [2.24, 2.45) is 11.8 Å². The fourth-order valence-corrected chi connectivity index (χ4v) is 12.4. The molecule has 2 heterocycles. The number of unbranched alkanes of at least 4 members (excludes halogenated alkanes) is 2. The van der Waals surface area contributed by atoms with E-state index in [1.165, 1.54) is 0 Å². The summed E-state index contributed by atoms with van der Waals surface area (Å²) in [5, 5.41) is -1.14. The molecule has 2 fully saturated rings. The average Bonchev–Trinajstić information content (AvgIpc) is 2.79. The summed E-state index contributed by atoms with van der Waals surface area (Å²) in [5.41, 5.74) is 0. The second kappa shape index (κ2) is 16.6. The molecule has 2 aliphatic heterocycles. The van der Waals surface area contributed by atoms with E-state index < -0.39 is 19.0 Å². The lowest BCUT2D eigenvalue weighted by molar-refractivity contribution is -0.143. The van der Waals surface area contributed by atoms with E-state index in [0.29, 0.717) is 25.0 Å². The first kappa shape index (κ1) is 35.2. The number of hydrogen-bond donors (Lipinski definition) is 0. The first-order valence-electron chi connectivity index (χ1n) is 16.4. The third kappa shape index (κ3) is 8.52. The van der Waals surface area contributed by atoms with Crippen LogP contribution in [-0.2, 0) is 27.8 Å². The Morgan fingerprint density at radius 3 is 1.26 bits per heavy atom. The van der Waals surface area contributed by atoms with E-state index in [0.717, 1.165) is 77.4 Å². The third-order valence-electron chi connectivity index (χ3n) is 8.94. The maximum atomic E-state index is 7.37. The van der Waals surface area contributed by atoms with Crippen molar-refractivity contribution in [3.8, 4) is 0 Å². The van der Waals surface area contributed by atoms with E-state index in [1.807, 2.05) is 0 Å². The van der Waals surface area contributed by atoms with Crippen LogP contribution in [0.5, 0.6) is 0 Å². The fourth-order valence-electron chi connectivity index (χ4n) is 6.60. The highest BCUT2D eigenvalue weighted by molar-refractivity contribution is 6.73. The molecular weight excluding hydrogens is 508 g/mol. The van der Waals surface area contributed by atoms with Crippen molar-refractivity contribution in [3.63, 3.8) is 0 Å². The summed E-state index contributed by atoms with van der Waals surface area (Å²) in [4.78, 5) is 0. The highest BCUT2D eigenvalue weighted by Crippen LogP contribution is 2.50. The van der Waals surface area contributed by atoms with Crippen molar-refractivity contribution in [2.45, 2.75) is 168 Å². The minimum Gasteiger partial charge on any atom is -0.388 e. The second-order valence-electron chi connectivity index (χ2n) is 12.8. The van der Waals surface area contributed by atoms with Gasteiger partial charge in [-0.1, -0.05) is 54.4 Å².